The summed E-state index contributed by atoms with van der Waals surface area (Å²) in [6, 6.07) is 35.5. The van der Waals surface area contributed by atoms with E-state index in [0.717, 1.165) is 16.7 Å². The Morgan fingerprint density at radius 1 is 0.714 bits per heavy atom. The molecule has 0 aliphatic carbocycles. The first-order chi connectivity index (χ1) is 23.9. The van der Waals surface area contributed by atoms with Crippen molar-refractivity contribution >= 4 is 11.8 Å². The molecule has 0 aromatic heterocycles. The Kier molecular flexibility index (Phi) is 13.2. The van der Waals surface area contributed by atoms with Crippen molar-refractivity contribution in [2.24, 2.45) is 0 Å². The molecule has 1 unspecified atom stereocenters. The number of methoxy groups -OCH3 is 1. The molecule has 258 valence electrons. The van der Waals surface area contributed by atoms with Gasteiger partial charge in [0, 0.05) is 24.7 Å². The number of nitro benzene ring substituents is 1. The Labute approximate surface area is 285 Å². The summed E-state index contributed by atoms with van der Waals surface area (Å²) in [4.78, 5) is 23.8. The molecule has 1 heterocycles. The van der Waals surface area contributed by atoms with Gasteiger partial charge in [-0.2, -0.15) is 0 Å². The smallest absolute Gasteiger partial charge is 0.434 e. The van der Waals surface area contributed by atoms with E-state index in [9.17, 15) is 14.9 Å². The molecular weight excluding hydrogens is 630 g/mol. The van der Waals surface area contributed by atoms with Crippen molar-refractivity contribution < 1.29 is 42.9 Å². The van der Waals surface area contributed by atoms with Crippen LogP contribution in [0.5, 0.6) is 0 Å². The monoisotopic (exact) mass is 671 g/mol. The highest BCUT2D eigenvalue weighted by Gasteiger charge is 2.49. The van der Waals surface area contributed by atoms with E-state index < -0.39 is 47.7 Å². The molecule has 1 saturated heterocycles. The molecule has 4 aromatic rings. The van der Waals surface area contributed by atoms with Gasteiger partial charge in [0.15, 0.2) is 6.29 Å². The number of benzene rings is 4. The second-order valence-electron chi connectivity index (χ2n) is 11.7. The van der Waals surface area contributed by atoms with Gasteiger partial charge >= 0.3 is 6.16 Å². The number of nitro groups is 1. The van der Waals surface area contributed by atoms with Crippen LogP contribution in [-0.2, 0) is 53.0 Å². The van der Waals surface area contributed by atoms with Crippen molar-refractivity contribution in [3.05, 3.63) is 148 Å². The van der Waals surface area contributed by atoms with E-state index >= 15 is 0 Å². The summed E-state index contributed by atoms with van der Waals surface area (Å²) in [5.74, 6) is -0.446. The minimum Gasteiger partial charge on any atom is -0.434 e. The standard InChI is InChI=1S/C38H41NO10/c1-27(31-20-12-13-21-32(31)39(41)42)22-47-38(40)48-26-33-34(44-23-28-14-6-3-7-15-28)35(45-24-29-16-8-4-9-17-29)36(37(43-2)49-33)46-25-30-18-10-5-11-19-30/h3-21,27,33-37H,22-26H2,1-2H3/t27?,33-,34-,35+,36-,37+/m1/s1. The van der Waals surface area contributed by atoms with Gasteiger partial charge < -0.3 is 33.2 Å². The largest absolute Gasteiger partial charge is 0.508 e. The molecular formula is C38H41NO10. The first kappa shape index (κ1) is 35.7. The van der Waals surface area contributed by atoms with Crippen molar-refractivity contribution in [1.29, 1.82) is 0 Å². The van der Waals surface area contributed by atoms with Gasteiger partial charge in [-0.05, 0) is 16.7 Å². The number of hydrogen-bond acceptors (Lipinski definition) is 10. The minimum atomic E-state index is -0.950. The molecule has 4 aromatic carbocycles. The fourth-order valence-electron chi connectivity index (χ4n) is 5.61. The molecule has 1 fully saturated rings. The van der Waals surface area contributed by atoms with Gasteiger partial charge in [-0.1, -0.05) is 116 Å². The quantitative estimate of drug-likeness (QED) is 0.0700. The van der Waals surface area contributed by atoms with Crippen molar-refractivity contribution in [2.45, 2.75) is 63.4 Å². The Morgan fingerprint density at radius 3 is 1.73 bits per heavy atom. The number of carbonyl (C=O) groups excluding carboxylic acids is 1. The van der Waals surface area contributed by atoms with Crippen LogP contribution in [0.1, 0.15) is 35.1 Å². The third-order valence-corrected chi connectivity index (χ3v) is 8.16. The van der Waals surface area contributed by atoms with E-state index in [0.29, 0.717) is 5.56 Å². The van der Waals surface area contributed by atoms with Crippen LogP contribution in [0.4, 0.5) is 10.5 Å². The lowest BCUT2D eigenvalue weighted by atomic mass is 9.98. The van der Waals surface area contributed by atoms with Gasteiger partial charge in [-0.15, -0.1) is 0 Å². The molecule has 1 aliphatic heterocycles. The fourth-order valence-corrected chi connectivity index (χ4v) is 5.61. The van der Waals surface area contributed by atoms with Crippen molar-refractivity contribution in [1.82, 2.24) is 0 Å². The van der Waals surface area contributed by atoms with Gasteiger partial charge in [0.1, 0.15) is 37.6 Å². The zero-order valence-electron chi connectivity index (χ0n) is 27.5. The minimum absolute atomic E-state index is 0.0443. The summed E-state index contributed by atoms with van der Waals surface area (Å²) in [5.41, 5.74) is 3.26. The van der Waals surface area contributed by atoms with Gasteiger partial charge in [-0.25, -0.2) is 4.79 Å². The molecule has 11 nitrogen and oxygen atoms in total. The number of hydrogen-bond donors (Lipinski definition) is 0. The van der Waals surface area contributed by atoms with E-state index in [-0.39, 0.29) is 38.7 Å². The van der Waals surface area contributed by atoms with Crippen molar-refractivity contribution in [3.63, 3.8) is 0 Å². The Balaban J connectivity index is 1.33. The van der Waals surface area contributed by atoms with Gasteiger partial charge in [0.25, 0.3) is 5.69 Å². The first-order valence-corrected chi connectivity index (χ1v) is 16.1. The fraction of sp³-hybridized carbons (Fsp3) is 0.342. The number of ether oxygens (including phenoxy) is 7. The molecule has 11 heteroatoms. The molecule has 0 N–H and O–H groups in total. The molecule has 0 saturated carbocycles. The van der Waals surface area contributed by atoms with Crippen molar-refractivity contribution in [3.8, 4) is 0 Å². The van der Waals surface area contributed by atoms with Crippen LogP contribution in [0.2, 0.25) is 0 Å². The van der Waals surface area contributed by atoms with E-state index in [2.05, 4.69) is 0 Å². The summed E-state index contributed by atoms with van der Waals surface area (Å²) in [7, 11) is 1.51. The summed E-state index contributed by atoms with van der Waals surface area (Å²) in [6.07, 6.45) is -4.82. The summed E-state index contributed by atoms with van der Waals surface area (Å²) >= 11 is 0. The molecule has 0 bridgehead atoms. The zero-order valence-corrected chi connectivity index (χ0v) is 27.5. The SMILES string of the molecule is CO[C@H]1O[C@H](COC(=O)OCC(C)c2ccccc2[N+](=O)[O-])[C@@H](OCc2ccccc2)[C@H](OCc2ccccc2)[C@H]1OCc1ccccc1. The lowest BCUT2D eigenvalue weighted by Gasteiger charge is -2.45. The molecule has 0 radical (unpaired) electrons. The Morgan fingerprint density at radius 2 is 1.20 bits per heavy atom. The van der Waals surface area contributed by atoms with Gasteiger partial charge in [-0.3, -0.25) is 10.1 Å². The number of nitrogens with zero attached hydrogens (tertiary/aromatic N) is 1. The average Bonchev–Trinajstić information content (AvgIpc) is 3.14. The third-order valence-electron chi connectivity index (χ3n) is 8.16. The van der Waals surface area contributed by atoms with Crippen LogP contribution in [0.15, 0.2) is 115 Å². The molecule has 0 spiro atoms. The predicted octanol–water partition coefficient (Wildman–Crippen LogP) is 6.98. The molecule has 1 aliphatic rings. The average molecular weight is 672 g/mol. The zero-order chi connectivity index (χ0) is 34.4. The number of carbonyl (C=O) groups is 1. The maximum Gasteiger partial charge on any atom is 0.508 e. The third kappa shape index (κ3) is 10.2. The highest BCUT2D eigenvalue weighted by molar-refractivity contribution is 5.60. The van der Waals surface area contributed by atoms with Crippen molar-refractivity contribution in [2.75, 3.05) is 20.3 Å². The lowest BCUT2D eigenvalue weighted by Crippen LogP contribution is -2.61. The molecule has 49 heavy (non-hydrogen) atoms. The number of rotatable bonds is 16. The normalized spacial score (nSPS) is 21.1. The first-order valence-electron chi connectivity index (χ1n) is 16.1. The van der Waals surface area contributed by atoms with Crippen LogP contribution in [0.25, 0.3) is 0 Å². The van der Waals surface area contributed by atoms with E-state index in [1.165, 1.54) is 13.2 Å². The summed E-state index contributed by atoms with van der Waals surface area (Å²) < 4.78 is 42.5. The van der Waals surface area contributed by atoms with Gasteiger partial charge in [0.2, 0.25) is 0 Å². The maximum absolute atomic E-state index is 12.8. The van der Waals surface area contributed by atoms with E-state index in [1.54, 1.807) is 25.1 Å². The molecule has 0 amide bonds. The topological polar surface area (TPSA) is 125 Å². The Hall–Kier alpha value is -4.65. The molecule has 6 atom stereocenters. The number of para-hydroxylation sites is 1. The van der Waals surface area contributed by atoms with E-state index in [4.69, 9.17) is 33.2 Å². The summed E-state index contributed by atoms with van der Waals surface area (Å²) in [5, 5.41) is 11.5. The highest BCUT2D eigenvalue weighted by atomic mass is 16.7. The summed E-state index contributed by atoms with van der Waals surface area (Å²) in [6.45, 7) is 2.14. The lowest BCUT2D eigenvalue weighted by molar-refractivity contribution is -0.385. The van der Waals surface area contributed by atoms with Crippen LogP contribution >= 0.6 is 0 Å². The van der Waals surface area contributed by atoms with Gasteiger partial charge in [0.05, 0.1) is 24.7 Å². The second-order valence-corrected chi connectivity index (χ2v) is 11.7. The van der Waals surface area contributed by atoms with Crippen LogP contribution in [0, 0.1) is 10.1 Å². The predicted molar refractivity (Wildman–Crippen MR) is 180 cm³/mol. The molecule has 5 rings (SSSR count). The highest BCUT2D eigenvalue weighted by Crippen LogP contribution is 2.31. The van der Waals surface area contributed by atoms with Crippen LogP contribution < -0.4 is 0 Å². The van der Waals surface area contributed by atoms with Crippen LogP contribution in [0.3, 0.4) is 0 Å². The van der Waals surface area contributed by atoms with Crippen LogP contribution in [-0.4, -0.2) is 62.1 Å². The van der Waals surface area contributed by atoms with E-state index in [1.807, 2.05) is 91.0 Å². The second kappa shape index (κ2) is 18.2. The maximum atomic E-state index is 12.8. The Bertz CT molecular complexity index is 1590.